The number of hydrogen-bond acceptors (Lipinski definition) is 5. The lowest BCUT2D eigenvalue weighted by Gasteiger charge is -2.27. The van der Waals surface area contributed by atoms with Crippen LogP contribution in [0.15, 0.2) is 24.3 Å². The Labute approximate surface area is 93.1 Å². The van der Waals surface area contributed by atoms with Crippen LogP contribution in [0.3, 0.4) is 0 Å². The van der Waals surface area contributed by atoms with E-state index in [0.717, 1.165) is 5.56 Å². The Morgan fingerprint density at radius 3 is 2.69 bits per heavy atom. The molecule has 88 valence electrons. The van der Waals surface area contributed by atoms with Crippen LogP contribution >= 0.6 is 0 Å². The number of benzene rings is 1. The van der Waals surface area contributed by atoms with Gasteiger partial charge in [-0.15, -0.1) is 0 Å². The molecule has 0 saturated carbocycles. The summed E-state index contributed by atoms with van der Waals surface area (Å²) in [6, 6.07) is 7.33. The lowest BCUT2D eigenvalue weighted by Crippen LogP contribution is -2.41. The summed E-state index contributed by atoms with van der Waals surface area (Å²) >= 11 is 0. The Morgan fingerprint density at radius 2 is 2.00 bits per heavy atom. The smallest absolute Gasteiger partial charge is 0.280 e. The van der Waals surface area contributed by atoms with E-state index in [1.54, 1.807) is 12.1 Å². The lowest BCUT2D eigenvalue weighted by molar-refractivity contribution is -0.226. The van der Waals surface area contributed by atoms with Gasteiger partial charge in [-0.1, -0.05) is 18.2 Å². The molecule has 0 fully saturated rings. The van der Waals surface area contributed by atoms with E-state index < -0.39 is 20.0 Å². The zero-order valence-electron chi connectivity index (χ0n) is 8.37. The van der Waals surface area contributed by atoms with Crippen molar-refractivity contribution in [3.8, 4) is 0 Å². The maximum Gasteiger partial charge on any atom is 0.280 e. The molecule has 0 spiro atoms. The highest BCUT2D eigenvalue weighted by Gasteiger charge is 2.33. The fourth-order valence-electron chi connectivity index (χ4n) is 1.75. The van der Waals surface area contributed by atoms with Crippen molar-refractivity contribution in [1.29, 1.82) is 0 Å². The second-order valence-electron chi connectivity index (χ2n) is 3.60. The second-order valence-corrected chi connectivity index (χ2v) is 5.52. The molecule has 2 rings (SSSR count). The van der Waals surface area contributed by atoms with Crippen LogP contribution < -0.4 is 5.32 Å². The van der Waals surface area contributed by atoms with Gasteiger partial charge in [0.2, 0.25) is 0 Å². The van der Waals surface area contributed by atoms with Crippen molar-refractivity contribution in [3.05, 3.63) is 29.8 Å². The second kappa shape index (κ2) is 4.02. The largest absolute Gasteiger partial charge is 0.368 e. The summed E-state index contributed by atoms with van der Waals surface area (Å²) < 4.78 is 22.2. The van der Waals surface area contributed by atoms with E-state index >= 15 is 0 Å². The van der Waals surface area contributed by atoms with Crippen LogP contribution in [0, 0.1) is 0 Å². The first-order valence-corrected chi connectivity index (χ1v) is 6.28. The Balaban J connectivity index is 2.27. The topological polar surface area (TPSA) is 89.9 Å². The first-order chi connectivity index (χ1) is 7.51. The fraction of sp³-hybridized carbons (Fsp3) is 0.333. The molecule has 1 aliphatic heterocycles. The van der Waals surface area contributed by atoms with Gasteiger partial charge in [0.05, 0.1) is 0 Å². The van der Waals surface area contributed by atoms with Crippen LogP contribution in [0.4, 0.5) is 5.69 Å². The highest BCUT2D eigenvalue weighted by molar-refractivity contribution is 7.89. The van der Waals surface area contributed by atoms with Gasteiger partial charge in [-0.3, -0.25) is 10.4 Å². The SMILES string of the molecule is O=S(=O)(C1CCc2ccccc2N1)N(O)O. The molecule has 0 saturated heterocycles. The molecule has 16 heavy (non-hydrogen) atoms. The van der Waals surface area contributed by atoms with E-state index in [4.69, 9.17) is 10.4 Å². The molecule has 1 heterocycles. The summed E-state index contributed by atoms with van der Waals surface area (Å²) in [6.07, 6.45) is 0.887. The predicted molar refractivity (Wildman–Crippen MR) is 56.5 cm³/mol. The zero-order chi connectivity index (χ0) is 11.8. The van der Waals surface area contributed by atoms with Crippen LogP contribution in [-0.4, -0.2) is 28.8 Å². The van der Waals surface area contributed by atoms with Crippen LogP contribution in [0.25, 0.3) is 0 Å². The lowest BCUT2D eigenvalue weighted by atomic mass is 10.0. The monoisotopic (exact) mass is 244 g/mol. The van der Waals surface area contributed by atoms with Crippen LogP contribution in [0.1, 0.15) is 12.0 Å². The minimum absolute atomic E-state index is 0.303. The third kappa shape index (κ3) is 1.90. The molecule has 0 bridgehead atoms. The van der Waals surface area contributed by atoms with E-state index in [0.29, 0.717) is 18.5 Å². The van der Waals surface area contributed by atoms with Crippen molar-refractivity contribution in [2.75, 3.05) is 5.32 Å². The minimum atomic E-state index is -4.11. The van der Waals surface area contributed by atoms with Gasteiger partial charge in [0, 0.05) is 10.3 Å². The van der Waals surface area contributed by atoms with Gasteiger partial charge in [-0.2, -0.15) is 0 Å². The molecule has 1 atom stereocenters. The quantitative estimate of drug-likeness (QED) is 0.669. The Hall–Kier alpha value is -1.15. The molecule has 0 radical (unpaired) electrons. The van der Waals surface area contributed by atoms with Crippen molar-refractivity contribution >= 4 is 15.7 Å². The Kier molecular flexibility index (Phi) is 2.85. The number of aryl methyl sites for hydroxylation is 1. The van der Waals surface area contributed by atoms with Crippen molar-refractivity contribution in [2.24, 2.45) is 0 Å². The van der Waals surface area contributed by atoms with E-state index in [-0.39, 0.29) is 0 Å². The van der Waals surface area contributed by atoms with Gasteiger partial charge >= 0.3 is 0 Å². The summed E-state index contributed by atoms with van der Waals surface area (Å²) in [5.74, 6) is 0. The molecule has 7 heteroatoms. The summed E-state index contributed by atoms with van der Waals surface area (Å²) in [6.45, 7) is 0. The van der Waals surface area contributed by atoms with Crippen LogP contribution in [0.2, 0.25) is 0 Å². The molecule has 6 nitrogen and oxygen atoms in total. The molecule has 0 amide bonds. The van der Waals surface area contributed by atoms with Crippen molar-refractivity contribution in [3.63, 3.8) is 0 Å². The molecule has 1 aromatic carbocycles. The minimum Gasteiger partial charge on any atom is -0.368 e. The highest BCUT2D eigenvalue weighted by Crippen LogP contribution is 2.26. The van der Waals surface area contributed by atoms with Gasteiger partial charge in [0.1, 0.15) is 5.37 Å². The van der Waals surface area contributed by atoms with Gasteiger partial charge in [-0.25, -0.2) is 8.42 Å². The first-order valence-electron chi connectivity index (χ1n) is 4.78. The van der Waals surface area contributed by atoms with E-state index in [1.807, 2.05) is 12.1 Å². The number of nitrogens with zero attached hydrogens (tertiary/aromatic N) is 1. The average molecular weight is 244 g/mol. The van der Waals surface area contributed by atoms with Gasteiger partial charge in [0.25, 0.3) is 10.0 Å². The molecule has 1 aliphatic rings. The fourth-order valence-corrected chi connectivity index (χ4v) is 2.67. The normalized spacial score (nSPS) is 20.3. The average Bonchev–Trinajstić information content (AvgIpc) is 2.28. The predicted octanol–water partition coefficient (Wildman–Crippen LogP) is 0.781. The molecule has 0 aliphatic carbocycles. The first kappa shape index (κ1) is 11.3. The summed E-state index contributed by atoms with van der Waals surface area (Å²) in [7, 11) is -4.11. The van der Waals surface area contributed by atoms with Crippen LogP contribution in [0.5, 0.6) is 0 Å². The third-order valence-electron chi connectivity index (χ3n) is 2.60. The number of rotatable bonds is 2. The molecule has 3 N–H and O–H groups in total. The Bertz CT molecular complexity index is 486. The van der Waals surface area contributed by atoms with E-state index in [2.05, 4.69) is 5.32 Å². The van der Waals surface area contributed by atoms with E-state index in [9.17, 15) is 8.42 Å². The molecule has 1 aromatic rings. The number of fused-ring (bicyclic) bond motifs is 1. The number of anilines is 1. The number of hydrogen-bond donors (Lipinski definition) is 3. The van der Waals surface area contributed by atoms with Gasteiger partial charge < -0.3 is 5.32 Å². The molecule has 0 aromatic heterocycles. The Morgan fingerprint density at radius 1 is 1.31 bits per heavy atom. The summed E-state index contributed by atoms with van der Waals surface area (Å²) in [5, 5.41) is 19.0. The maximum absolute atomic E-state index is 11.5. The highest BCUT2D eigenvalue weighted by atomic mass is 32.2. The number of sulfonamides is 1. The molecule has 1 unspecified atom stereocenters. The summed E-state index contributed by atoms with van der Waals surface area (Å²) in [5.41, 5.74) is 1.74. The molecular weight excluding hydrogens is 232 g/mol. The van der Waals surface area contributed by atoms with Gasteiger partial charge in [0.15, 0.2) is 0 Å². The van der Waals surface area contributed by atoms with Gasteiger partial charge in [-0.05, 0) is 24.5 Å². The van der Waals surface area contributed by atoms with E-state index in [1.165, 1.54) is 0 Å². The van der Waals surface area contributed by atoms with Crippen molar-refractivity contribution < 1.29 is 18.8 Å². The summed E-state index contributed by atoms with van der Waals surface area (Å²) in [4.78, 5) is 0. The standard InChI is InChI=1S/C9H12N2O4S/c12-11(13)16(14,15)9-6-5-7-3-1-2-4-8(7)10-9/h1-4,9-10,12-13H,5-6H2. The van der Waals surface area contributed by atoms with Crippen molar-refractivity contribution in [1.82, 2.24) is 4.63 Å². The number of nitrogens with one attached hydrogen (secondary N) is 1. The maximum atomic E-state index is 11.5. The number of para-hydroxylation sites is 1. The third-order valence-corrected chi connectivity index (χ3v) is 4.12. The van der Waals surface area contributed by atoms with Crippen molar-refractivity contribution in [2.45, 2.75) is 18.2 Å². The zero-order valence-corrected chi connectivity index (χ0v) is 9.18. The molecular formula is C9H12N2O4S. The van der Waals surface area contributed by atoms with Crippen LogP contribution in [-0.2, 0) is 16.4 Å².